The maximum absolute atomic E-state index is 10.7. The van der Waals surface area contributed by atoms with Crippen LogP contribution in [0.5, 0.6) is 0 Å². The molecule has 1 rings (SSSR count). The third-order valence-electron chi connectivity index (χ3n) is 2.20. The monoisotopic (exact) mass is 242 g/mol. The Labute approximate surface area is 100.0 Å². The van der Waals surface area contributed by atoms with E-state index in [0.29, 0.717) is 18.2 Å². The largest absolute Gasteiger partial charge is 0.478 e. The number of rotatable bonds is 6. The zero-order chi connectivity index (χ0) is 12.0. The van der Waals surface area contributed by atoms with Gasteiger partial charge in [-0.25, -0.2) is 4.79 Å². The molecule has 0 unspecified atom stereocenters. The van der Waals surface area contributed by atoms with Gasteiger partial charge in [0.25, 0.3) is 0 Å². The molecular weight excluding hydrogens is 228 g/mol. The van der Waals surface area contributed by atoms with Crippen molar-refractivity contribution in [1.82, 2.24) is 0 Å². The van der Waals surface area contributed by atoms with Crippen LogP contribution in [0.4, 0.5) is 0 Å². The van der Waals surface area contributed by atoms with E-state index in [4.69, 9.17) is 21.4 Å². The molecule has 1 aromatic carbocycles. The summed E-state index contributed by atoms with van der Waals surface area (Å²) in [7, 11) is 0. The summed E-state index contributed by atoms with van der Waals surface area (Å²) < 4.78 is 5.41. The second kappa shape index (κ2) is 6.51. The molecule has 0 bridgehead atoms. The van der Waals surface area contributed by atoms with Crippen LogP contribution in [0.1, 0.15) is 35.7 Å². The molecule has 0 radical (unpaired) electrons. The summed E-state index contributed by atoms with van der Waals surface area (Å²) in [4.78, 5) is 10.7. The molecule has 16 heavy (non-hydrogen) atoms. The smallest absolute Gasteiger partial charge is 0.335 e. The number of benzene rings is 1. The molecule has 0 saturated heterocycles. The van der Waals surface area contributed by atoms with Crippen molar-refractivity contribution in [3.05, 3.63) is 34.3 Å². The number of halogens is 1. The van der Waals surface area contributed by atoms with E-state index in [0.717, 1.165) is 18.4 Å². The summed E-state index contributed by atoms with van der Waals surface area (Å²) in [5.41, 5.74) is 1.02. The Morgan fingerprint density at radius 3 is 2.81 bits per heavy atom. The van der Waals surface area contributed by atoms with Crippen LogP contribution in [0.15, 0.2) is 18.2 Å². The molecule has 1 N–H and O–H groups in total. The molecule has 0 fully saturated rings. The van der Waals surface area contributed by atoms with E-state index in [-0.39, 0.29) is 5.56 Å². The maximum atomic E-state index is 10.7. The van der Waals surface area contributed by atoms with Crippen molar-refractivity contribution in [2.75, 3.05) is 6.61 Å². The predicted molar refractivity (Wildman–Crippen MR) is 63.0 cm³/mol. The Bertz CT molecular complexity index is 363. The number of carboxylic acid groups (broad SMARTS) is 1. The fraction of sp³-hybridized carbons (Fsp3) is 0.417. The van der Waals surface area contributed by atoms with Crippen molar-refractivity contribution in [1.29, 1.82) is 0 Å². The van der Waals surface area contributed by atoms with E-state index >= 15 is 0 Å². The van der Waals surface area contributed by atoms with Crippen LogP contribution in [-0.2, 0) is 11.3 Å². The topological polar surface area (TPSA) is 46.5 Å². The van der Waals surface area contributed by atoms with Gasteiger partial charge in [0.2, 0.25) is 0 Å². The Kier molecular flexibility index (Phi) is 5.29. The van der Waals surface area contributed by atoms with Gasteiger partial charge in [-0.1, -0.05) is 31.0 Å². The molecule has 0 atom stereocenters. The lowest BCUT2D eigenvalue weighted by Gasteiger charge is -2.06. The molecule has 3 nitrogen and oxygen atoms in total. The van der Waals surface area contributed by atoms with Gasteiger partial charge in [-0.15, -0.1) is 0 Å². The van der Waals surface area contributed by atoms with Crippen molar-refractivity contribution >= 4 is 17.6 Å². The number of hydrogen-bond donors (Lipinski definition) is 1. The molecule has 0 saturated carbocycles. The number of ether oxygens (including phenoxy) is 1. The van der Waals surface area contributed by atoms with Crippen molar-refractivity contribution < 1.29 is 14.6 Å². The standard InChI is InChI=1S/C12H15ClO3/c1-2-3-6-16-8-10-5-4-9(12(14)15)7-11(10)13/h4-5,7H,2-3,6,8H2,1H3,(H,14,15). The molecule has 0 aliphatic rings. The lowest BCUT2D eigenvalue weighted by atomic mass is 10.1. The fourth-order valence-electron chi connectivity index (χ4n) is 1.23. The number of unbranched alkanes of at least 4 members (excludes halogenated alkanes) is 1. The molecule has 0 heterocycles. The zero-order valence-electron chi connectivity index (χ0n) is 9.20. The van der Waals surface area contributed by atoms with Crippen molar-refractivity contribution in [3.8, 4) is 0 Å². The van der Waals surface area contributed by atoms with Gasteiger partial charge in [-0.2, -0.15) is 0 Å². The highest BCUT2D eigenvalue weighted by atomic mass is 35.5. The van der Waals surface area contributed by atoms with Crippen molar-refractivity contribution in [2.45, 2.75) is 26.4 Å². The first-order valence-electron chi connectivity index (χ1n) is 5.24. The normalized spacial score (nSPS) is 10.4. The van der Waals surface area contributed by atoms with E-state index in [1.807, 2.05) is 0 Å². The lowest BCUT2D eigenvalue weighted by Crippen LogP contribution is -1.99. The summed E-state index contributed by atoms with van der Waals surface area (Å²) in [6, 6.07) is 4.67. The van der Waals surface area contributed by atoms with Gasteiger partial charge in [0, 0.05) is 11.6 Å². The molecule has 4 heteroatoms. The highest BCUT2D eigenvalue weighted by molar-refractivity contribution is 6.31. The first-order chi connectivity index (χ1) is 7.65. The van der Waals surface area contributed by atoms with Gasteiger partial charge >= 0.3 is 5.97 Å². The van der Waals surface area contributed by atoms with Crippen LogP contribution < -0.4 is 0 Å². The van der Waals surface area contributed by atoms with Gasteiger partial charge in [0.1, 0.15) is 0 Å². The molecule has 0 amide bonds. The minimum atomic E-state index is -0.972. The summed E-state index contributed by atoms with van der Waals surface area (Å²) in [5, 5.41) is 9.20. The Hall–Kier alpha value is -1.06. The summed E-state index contributed by atoms with van der Waals surface area (Å²) in [6.45, 7) is 3.23. The van der Waals surface area contributed by atoms with Crippen LogP contribution in [0.3, 0.4) is 0 Å². The van der Waals surface area contributed by atoms with E-state index in [2.05, 4.69) is 6.92 Å². The van der Waals surface area contributed by atoms with Gasteiger partial charge in [0.15, 0.2) is 0 Å². The lowest BCUT2D eigenvalue weighted by molar-refractivity contribution is 0.0696. The van der Waals surface area contributed by atoms with Crippen molar-refractivity contribution in [3.63, 3.8) is 0 Å². The SMILES string of the molecule is CCCCOCc1ccc(C(=O)O)cc1Cl. The summed E-state index contributed by atoms with van der Waals surface area (Å²) in [6.07, 6.45) is 2.11. The van der Waals surface area contributed by atoms with E-state index in [1.54, 1.807) is 6.07 Å². The Morgan fingerprint density at radius 1 is 1.50 bits per heavy atom. The van der Waals surface area contributed by atoms with E-state index < -0.39 is 5.97 Å². The van der Waals surface area contributed by atoms with Crippen LogP contribution in [0.25, 0.3) is 0 Å². The molecule has 0 aromatic heterocycles. The number of hydrogen-bond acceptors (Lipinski definition) is 2. The minimum absolute atomic E-state index is 0.197. The average Bonchev–Trinajstić information content (AvgIpc) is 2.26. The molecule has 1 aromatic rings. The third kappa shape index (κ3) is 3.83. The van der Waals surface area contributed by atoms with Gasteiger partial charge in [-0.05, 0) is 24.1 Å². The predicted octanol–water partition coefficient (Wildman–Crippen LogP) is 3.35. The second-order valence-electron chi connectivity index (χ2n) is 3.52. The second-order valence-corrected chi connectivity index (χ2v) is 3.92. The minimum Gasteiger partial charge on any atom is -0.478 e. The Balaban J connectivity index is 2.57. The van der Waals surface area contributed by atoms with Gasteiger partial charge in [0.05, 0.1) is 12.2 Å². The van der Waals surface area contributed by atoms with Gasteiger partial charge < -0.3 is 9.84 Å². The van der Waals surface area contributed by atoms with Crippen LogP contribution in [0.2, 0.25) is 5.02 Å². The first-order valence-corrected chi connectivity index (χ1v) is 5.62. The molecule has 0 aliphatic carbocycles. The fourth-order valence-corrected chi connectivity index (χ4v) is 1.46. The highest BCUT2D eigenvalue weighted by Gasteiger charge is 2.06. The number of aromatic carboxylic acids is 1. The quantitative estimate of drug-likeness (QED) is 0.778. The summed E-state index contributed by atoms with van der Waals surface area (Å²) in [5.74, 6) is -0.972. The third-order valence-corrected chi connectivity index (χ3v) is 2.55. The van der Waals surface area contributed by atoms with Gasteiger partial charge in [-0.3, -0.25) is 0 Å². The highest BCUT2D eigenvalue weighted by Crippen LogP contribution is 2.19. The molecular formula is C12H15ClO3. The molecule has 88 valence electrons. The average molecular weight is 243 g/mol. The van der Waals surface area contributed by atoms with Crippen molar-refractivity contribution in [2.24, 2.45) is 0 Å². The Morgan fingerprint density at radius 2 is 2.25 bits per heavy atom. The maximum Gasteiger partial charge on any atom is 0.335 e. The first kappa shape index (κ1) is 13.0. The number of carbonyl (C=O) groups is 1. The zero-order valence-corrected chi connectivity index (χ0v) is 9.96. The number of carboxylic acids is 1. The van der Waals surface area contributed by atoms with Crippen LogP contribution >= 0.6 is 11.6 Å². The van der Waals surface area contributed by atoms with E-state index in [1.165, 1.54) is 12.1 Å². The van der Waals surface area contributed by atoms with Crippen LogP contribution in [0, 0.1) is 0 Å². The van der Waals surface area contributed by atoms with Crippen LogP contribution in [-0.4, -0.2) is 17.7 Å². The summed E-state index contributed by atoms with van der Waals surface area (Å²) >= 11 is 5.94. The molecule has 0 aliphatic heterocycles. The molecule has 0 spiro atoms. The van der Waals surface area contributed by atoms with E-state index in [9.17, 15) is 4.79 Å².